The summed E-state index contributed by atoms with van der Waals surface area (Å²) in [6.07, 6.45) is 0. The lowest BCUT2D eigenvalue weighted by Crippen LogP contribution is -2.11. The molecular formula is C16H18BrNOS. The minimum Gasteiger partial charge on any atom is -0.496 e. The second-order valence-electron chi connectivity index (χ2n) is 4.29. The van der Waals surface area contributed by atoms with Gasteiger partial charge in [0.2, 0.25) is 0 Å². The van der Waals surface area contributed by atoms with Gasteiger partial charge in [-0.15, -0.1) is 0 Å². The monoisotopic (exact) mass is 351 g/mol. The third-order valence-corrected chi connectivity index (χ3v) is 4.67. The quantitative estimate of drug-likeness (QED) is 0.813. The lowest BCUT2D eigenvalue weighted by atomic mass is 10.2. The van der Waals surface area contributed by atoms with Gasteiger partial charge in [-0.3, -0.25) is 0 Å². The molecule has 0 unspecified atom stereocenters. The van der Waals surface area contributed by atoms with E-state index in [2.05, 4.69) is 52.4 Å². The number of hydrogen-bond acceptors (Lipinski definition) is 3. The smallest absolute Gasteiger partial charge is 0.132 e. The number of benzene rings is 2. The SMILES string of the molecule is CCNCc1ccc(Sc2ccccc2OC)cc1Br. The highest BCUT2D eigenvalue weighted by Crippen LogP contribution is 2.36. The van der Waals surface area contributed by atoms with Crippen molar-refractivity contribution in [3.8, 4) is 5.75 Å². The van der Waals surface area contributed by atoms with E-state index < -0.39 is 0 Å². The summed E-state index contributed by atoms with van der Waals surface area (Å²) in [4.78, 5) is 2.32. The second-order valence-corrected chi connectivity index (χ2v) is 6.26. The van der Waals surface area contributed by atoms with Crippen LogP contribution in [0.4, 0.5) is 0 Å². The molecule has 0 aromatic heterocycles. The van der Waals surface area contributed by atoms with Gasteiger partial charge in [0.25, 0.3) is 0 Å². The van der Waals surface area contributed by atoms with Gasteiger partial charge < -0.3 is 10.1 Å². The van der Waals surface area contributed by atoms with Crippen molar-refractivity contribution in [2.75, 3.05) is 13.7 Å². The van der Waals surface area contributed by atoms with Crippen molar-refractivity contribution >= 4 is 27.7 Å². The first kappa shape index (κ1) is 15.4. The molecule has 1 N–H and O–H groups in total. The minimum atomic E-state index is 0.886. The van der Waals surface area contributed by atoms with Gasteiger partial charge in [-0.05, 0) is 36.4 Å². The summed E-state index contributed by atoms with van der Waals surface area (Å²) in [5.41, 5.74) is 1.27. The van der Waals surface area contributed by atoms with Crippen LogP contribution in [0.2, 0.25) is 0 Å². The second kappa shape index (κ2) is 7.72. The topological polar surface area (TPSA) is 21.3 Å². The van der Waals surface area contributed by atoms with Crippen LogP contribution < -0.4 is 10.1 Å². The largest absolute Gasteiger partial charge is 0.496 e. The molecule has 0 saturated heterocycles. The lowest BCUT2D eigenvalue weighted by molar-refractivity contribution is 0.405. The fourth-order valence-corrected chi connectivity index (χ4v) is 3.46. The number of hydrogen-bond donors (Lipinski definition) is 1. The molecule has 0 spiro atoms. The van der Waals surface area contributed by atoms with Crippen LogP contribution >= 0.6 is 27.7 Å². The Bertz CT molecular complexity index is 574. The first-order valence-electron chi connectivity index (χ1n) is 6.54. The summed E-state index contributed by atoms with van der Waals surface area (Å²) in [5, 5.41) is 3.34. The number of halogens is 1. The van der Waals surface area contributed by atoms with Gasteiger partial charge in [0, 0.05) is 15.9 Å². The third-order valence-electron chi connectivity index (χ3n) is 2.89. The van der Waals surface area contributed by atoms with Crippen molar-refractivity contribution < 1.29 is 4.74 Å². The van der Waals surface area contributed by atoms with Crippen molar-refractivity contribution in [3.63, 3.8) is 0 Å². The zero-order valence-electron chi connectivity index (χ0n) is 11.7. The van der Waals surface area contributed by atoms with E-state index in [0.29, 0.717) is 0 Å². The zero-order chi connectivity index (χ0) is 14.4. The predicted octanol–water partition coefficient (Wildman–Crippen LogP) is 4.72. The number of ether oxygens (including phenoxy) is 1. The molecule has 0 atom stereocenters. The van der Waals surface area contributed by atoms with E-state index in [9.17, 15) is 0 Å². The van der Waals surface area contributed by atoms with Crippen LogP contribution in [0.15, 0.2) is 56.7 Å². The van der Waals surface area contributed by atoms with Crippen LogP contribution in [0.3, 0.4) is 0 Å². The van der Waals surface area contributed by atoms with Crippen LogP contribution in [0.5, 0.6) is 5.75 Å². The minimum absolute atomic E-state index is 0.886. The summed E-state index contributed by atoms with van der Waals surface area (Å²) < 4.78 is 6.52. The Labute approximate surface area is 133 Å². The Balaban J connectivity index is 2.16. The highest BCUT2D eigenvalue weighted by molar-refractivity contribution is 9.10. The molecule has 0 amide bonds. The van der Waals surface area contributed by atoms with Crippen LogP contribution in [-0.4, -0.2) is 13.7 Å². The summed E-state index contributed by atoms with van der Waals surface area (Å²) in [5.74, 6) is 0.908. The molecule has 0 bridgehead atoms. The maximum atomic E-state index is 5.38. The fourth-order valence-electron chi connectivity index (χ4n) is 1.82. The van der Waals surface area contributed by atoms with Crippen molar-refractivity contribution in [2.24, 2.45) is 0 Å². The Morgan fingerprint density at radius 3 is 2.70 bits per heavy atom. The van der Waals surface area contributed by atoms with Gasteiger partial charge in [-0.2, -0.15) is 0 Å². The molecule has 0 saturated carbocycles. The van der Waals surface area contributed by atoms with Gasteiger partial charge in [-0.1, -0.05) is 52.8 Å². The summed E-state index contributed by atoms with van der Waals surface area (Å²) >= 11 is 5.35. The van der Waals surface area contributed by atoms with Gasteiger partial charge >= 0.3 is 0 Å². The van der Waals surface area contributed by atoms with Crippen LogP contribution in [0, 0.1) is 0 Å². The summed E-state index contributed by atoms with van der Waals surface area (Å²) in [6.45, 7) is 3.97. The molecule has 2 nitrogen and oxygen atoms in total. The molecule has 0 heterocycles. The number of methoxy groups -OCH3 is 1. The molecule has 0 fully saturated rings. The maximum absolute atomic E-state index is 5.38. The fraction of sp³-hybridized carbons (Fsp3) is 0.250. The van der Waals surface area contributed by atoms with Gasteiger partial charge in [0.05, 0.1) is 12.0 Å². The van der Waals surface area contributed by atoms with E-state index in [-0.39, 0.29) is 0 Å². The highest BCUT2D eigenvalue weighted by Gasteiger charge is 2.06. The molecule has 0 aliphatic heterocycles. The Morgan fingerprint density at radius 1 is 1.20 bits per heavy atom. The van der Waals surface area contributed by atoms with Crippen LogP contribution in [0.25, 0.3) is 0 Å². The van der Waals surface area contributed by atoms with Crippen molar-refractivity contribution in [1.82, 2.24) is 5.32 Å². The van der Waals surface area contributed by atoms with Crippen LogP contribution in [-0.2, 0) is 6.54 Å². The Kier molecular flexibility index (Phi) is 5.95. The molecule has 2 aromatic rings. The molecule has 20 heavy (non-hydrogen) atoms. The summed E-state index contributed by atoms with van der Waals surface area (Å²) in [6, 6.07) is 14.5. The maximum Gasteiger partial charge on any atom is 0.132 e. The lowest BCUT2D eigenvalue weighted by Gasteiger charge is -2.10. The molecule has 2 rings (SSSR count). The van der Waals surface area contributed by atoms with Crippen LogP contribution in [0.1, 0.15) is 12.5 Å². The van der Waals surface area contributed by atoms with E-state index in [0.717, 1.165) is 28.2 Å². The van der Waals surface area contributed by atoms with Gasteiger partial charge in [0.1, 0.15) is 5.75 Å². The Hall–Kier alpha value is -0.970. The third kappa shape index (κ3) is 4.01. The number of para-hydroxylation sites is 1. The molecule has 2 aromatic carbocycles. The van der Waals surface area contributed by atoms with E-state index >= 15 is 0 Å². The van der Waals surface area contributed by atoms with Crippen molar-refractivity contribution in [3.05, 3.63) is 52.5 Å². The standard InChI is InChI=1S/C16H18BrNOS/c1-3-18-11-12-8-9-13(10-14(12)17)20-16-7-5-4-6-15(16)19-2/h4-10,18H,3,11H2,1-2H3. The van der Waals surface area contributed by atoms with Gasteiger partial charge in [0.15, 0.2) is 0 Å². The number of rotatable bonds is 6. The van der Waals surface area contributed by atoms with Crippen molar-refractivity contribution in [2.45, 2.75) is 23.3 Å². The molecule has 0 aliphatic rings. The molecular weight excluding hydrogens is 334 g/mol. The summed E-state index contributed by atoms with van der Waals surface area (Å²) in [7, 11) is 1.70. The number of nitrogens with one attached hydrogen (secondary N) is 1. The van der Waals surface area contributed by atoms with Gasteiger partial charge in [-0.25, -0.2) is 0 Å². The average molecular weight is 352 g/mol. The molecule has 0 radical (unpaired) electrons. The first-order valence-corrected chi connectivity index (χ1v) is 8.15. The van der Waals surface area contributed by atoms with E-state index in [1.807, 2.05) is 18.2 Å². The van der Waals surface area contributed by atoms with E-state index in [1.54, 1.807) is 18.9 Å². The normalized spacial score (nSPS) is 10.6. The predicted molar refractivity (Wildman–Crippen MR) is 88.6 cm³/mol. The first-order chi connectivity index (χ1) is 9.74. The van der Waals surface area contributed by atoms with Crippen molar-refractivity contribution in [1.29, 1.82) is 0 Å². The average Bonchev–Trinajstić information content (AvgIpc) is 2.47. The highest BCUT2D eigenvalue weighted by atomic mass is 79.9. The molecule has 4 heteroatoms. The Morgan fingerprint density at radius 2 is 2.00 bits per heavy atom. The zero-order valence-corrected chi connectivity index (χ0v) is 14.1. The molecule has 106 valence electrons. The van der Waals surface area contributed by atoms with E-state index in [4.69, 9.17) is 4.74 Å². The molecule has 0 aliphatic carbocycles. The van der Waals surface area contributed by atoms with E-state index in [1.165, 1.54) is 10.5 Å².